The Hall–Kier alpha value is -2.70. The molecular formula is C23H25ClN4O2. The minimum Gasteiger partial charge on any atom is -0.334 e. The number of carbonyl (C=O) groups excluding carboxylic acids is 1. The van der Waals surface area contributed by atoms with Crippen LogP contribution >= 0.6 is 11.6 Å². The van der Waals surface area contributed by atoms with Crippen LogP contribution in [0.1, 0.15) is 29.8 Å². The van der Waals surface area contributed by atoms with Crippen LogP contribution in [0.5, 0.6) is 0 Å². The first-order valence-electron chi connectivity index (χ1n) is 10.2. The van der Waals surface area contributed by atoms with Crippen molar-refractivity contribution in [2.24, 2.45) is 5.92 Å². The van der Waals surface area contributed by atoms with Crippen LogP contribution in [0.25, 0.3) is 11.5 Å². The Morgan fingerprint density at radius 3 is 2.83 bits per heavy atom. The molecule has 156 valence electrons. The molecule has 1 saturated heterocycles. The zero-order chi connectivity index (χ0) is 21.1. The summed E-state index contributed by atoms with van der Waals surface area (Å²) in [6, 6.07) is 13.6. The summed E-state index contributed by atoms with van der Waals surface area (Å²) in [5.74, 6) is 1.10. The molecule has 0 radical (unpaired) electrons. The Labute approximate surface area is 181 Å². The highest BCUT2D eigenvalue weighted by Crippen LogP contribution is 2.25. The number of aromatic nitrogens is 2. The molecule has 1 N–H and O–H groups in total. The zero-order valence-corrected chi connectivity index (χ0v) is 17.9. The number of aryl methyl sites for hydroxylation is 1. The van der Waals surface area contributed by atoms with Crippen molar-refractivity contribution in [2.75, 3.05) is 18.4 Å². The van der Waals surface area contributed by atoms with Gasteiger partial charge in [0.1, 0.15) is 0 Å². The maximum absolute atomic E-state index is 12.8. The van der Waals surface area contributed by atoms with Gasteiger partial charge in [0.05, 0.1) is 12.5 Å². The summed E-state index contributed by atoms with van der Waals surface area (Å²) < 4.78 is 5.43. The number of piperidine rings is 1. The van der Waals surface area contributed by atoms with Gasteiger partial charge in [0.25, 0.3) is 5.89 Å². The number of likely N-dealkylation sites (tertiary alicyclic amines) is 1. The molecule has 4 rings (SSSR count). The Morgan fingerprint density at radius 1 is 1.23 bits per heavy atom. The fourth-order valence-electron chi connectivity index (χ4n) is 3.72. The Morgan fingerprint density at radius 2 is 2.03 bits per heavy atom. The van der Waals surface area contributed by atoms with Crippen molar-refractivity contribution in [1.82, 2.24) is 15.0 Å². The average Bonchev–Trinajstić information content (AvgIpc) is 3.20. The summed E-state index contributed by atoms with van der Waals surface area (Å²) in [6.45, 7) is 6.09. The van der Waals surface area contributed by atoms with Gasteiger partial charge < -0.3 is 9.84 Å². The lowest BCUT2D eigenvalue weighted by atomic mass is 9.97. The molecule has 1 atom stereocenters. The van der Waals surface area contributed by atoms with Crippen LogP contribution in [0.15, 0.2) is 47.0 Å². The maximum atomic E-state index is 12.8. The number of nitrogens with one attached hydrogen (secondary N) is 1. The smallest absolute Gasteiger partial charge is 0.257 e. The van der Waals surface area contributed by atoms with E-state index in [1.54, 1.807) is 0 Å². The first-order valence-corrected chi connectivity index (χ1v) is 10.6. The van der Waals surface area contributed by atoms with E-state index in [0.717, 1.165) is 36.2 Å². The number of hydrogen-bond donors (Lipinski definition) is 1. The number of hydrogen-bond acceptors (Lipinski definition) is 5. The highest BCUT2D eigenvalue weighted by Gasteiger charge is 2.27. The summed E-state index contributed by atoms with van der Waals surface area (Å²) in [5, 5.41) is 7.81. The number of anilines is 1. The standard InChI is InChI=1S/C23H25ClN4O2/c1-15-8-10-17(11-9-15)23-26-21(27-30-23)14-28-12-4-5-18(13-28)22(29)25-20-7-3-6-19(24)16(20)2/h3,6-11,18H,4-5,12-14H2,1-2H3,(H,25,29). The van der Waals surface area contributed by atoms with Crippen molar-refractivity contribution >= 4 is 23.2 Å². The molecule has 0 aliphatic carbocycles. The quantitative estimate of drug-likeness (QED) is 0.633. The molecular weight excluding hydrogens is 400 g/mol. The molecule has 2 aromatic carbocycles. The third-order valence-corrected chi connectivity index (χ3v) is 5.94. The minimum atomic E-state index is -0.0828. The van der Waals surface area contributed by atoms with Gasteiger partial charge in [0.2, 0.25) is 5.91 Å². The molecule has 7 heteroatoms. The predicted octanol–water partition coefficient (Wildman–Crippen LogP) is 4.86. The van der Waals surface area contributed by atoms with Crippen molar-refractivity contribution in [1.29, 1.82) is 0 Å². The summed E-state index contributed by atoms with van der Waals surface area (Å²) in [7, 11) is 0. The fraction of sp³-hybridized carbons (Fsp3) is 0.348. The molecule has 1 aromatic heterocycles. The van der Waals surface area contributed by atoms with Crippen molar-refractivity contribution in [3.63, 3.8) is 0 Å². The molecule has 1 aliphatic heterocycles. The lowest BCUT2D eigenvalue weighted by molar-refractivity contribution is -0.121. The largest absolute Gasteiger partial charge is 0.334 e. The lowest BCUT2D eigenvalue weighted by Crippen LogP contribution is -2.40. The lowest BCUT2D eigenvalue weighted by Gasteiger charge is -2.31. The van der Waals surface area contributed by atoms with E-state index >= 15 is 0 Å². The Kier molecular flexibility index (Phi) is 6.16. The van der Waals surface area contributed by atoms with Crippen molar-refractivity contribution in [2.45, 2.75) is 33.2 Å². The normalized spacial score (nSPS) is 17.1. The van der Waals surface area contributed by atoms with Crippen molar-refractivity contribution in [3.8, 4) is 11.5 Å². The molecule has 1 amide bonds. The molecule has 1 unspecified atom stereocenters. The monoisotopic (exact) mass is 424 g/mol. The zero-order valence-electron chi connectivity index (χ0n) is 17.2. The second-order valence-corrected chi connectivity index (χ2v) is 8.26. The van der Waals surface area contributed by atoms with Crippen molar-refractivity contribution in [3.05, 3.63) is 64.4 Å². The average molecular weight is 425 g/mol. The van der Waals surface area contributed by atoms with E-state index in [2.05, 4.69) is 20.4 Å². The molecule has 30 heavy (non-hydrogen) atoms. The molecule has 0 saturated carbocycles. The molecule has 0 spiro atoms. The van der Waals surface area contributed by atoms with Crippen LogP contribution < -0.4 is 5.32 Å². The van der Waals surface area contributed by atoms with Gasteiger partial charge in [-0.3, -0.25) is 9.69 Å². The molecule has 6 nitrogen and oxygen atoms in total. The highest BCUT2D eigenvalue weighted by molar-refractivity contribution is 6.31. The molecule has 3 aromatic rings. The molecule has 2 heterocycles. The van der Waals surface area contributed by atoms with Gasteiger partial charge in [-0.15, -0.1) is 0 Å². The predicted molar refractivity (Wildman–Crippen MR) is 117 cm³/mol. The number of benzene rings is 2. The van der Waals surface area contributed by atoms with Crippen LogP contribution in [0, 0.1) is 19.8 Å². The number of rotatable bonds is 5. The van der Waals surface area contributed by atoms with Gasteiger partial charge in [-0.25, -0.2) is 0 Å². The van der Waals surface area contributed by atoms with Gasteiger partial charge in [-0.05, 0) is 63.1 Å². The maximum Gasteiger partial charge on any atom is 0.257 e. The Balaban J connectivity index is 1.38. The van der Waals surface area contributed by atoms with Crippen LogP contribution in [0.3, 0.4) is 0 Å². The third kappa shape index (κ3) is 4.71. The summed E-state index contributed by atoms with van der Waals surface area (Å²) in [4.78, 5) is 19.6. The number of halogens is 1. The van der Waals surface area contributed by atoms with E-state index in [4.69, 9.17) is 16.1 Å². The fourth-order valence-corrected chi connectivity index (χ4v) is 3.90. The topological polar surface area (TPSA) is 71.3 Å². The Bertz CT molecular complexity index is 1030. The van der Waals surface area contributed by atoms with E-state index in [1.807, 2.05) is 56.3 Å². The molecule has 0 bridgehead atoms. The molecule has 1 aliphatic rings. The summed E-state index contributed by atoms with van der Waals surface area (Å²) in [5.41, 5.74) is 3.75. The van der Waals surface area contributed by atoms with Crippen LogP contribution in [0.2, 0.25) is 5.02 Å². The van der Waals surface area contributed by atoms with E-state index in [-0.39, 0.29) is 11.8 Å². The number of amides is 1. The van der Waals surface area contributed by atoms with E-state index in [9.17, 15) is 4.79 Å². The highest BCUT2D eigenvalue weighted by atomic mass is 35.5. The second-order valence-electron chi connectivity index (χ2n) is 7.86. The minimum absolute atomic E-state index is 0.0264. The van der Waals surface area contributed by atoms with Gasteiger partial charge in [0.15, 0.2) is 5.82 Å². The van der Waals surface area contributed by atoms with Crippen LogP contribution in [0.4, 0.5) is 5.69 Å². The van der Waals surface area contributed by atoms with Crippen molar-refractivity contribution < 1.29 is 9.32 Å². The van der Waals surface area contributed by atoms with Gasteiger partial charge in [-0.2, -0.15) is 4.98 Å². The summed E-state index contributed by atoms with van der Waals surface area (Å²) >= 11 is 6.17. The number of nitrogens with zero attached hydrogens (tertiary/aromatic N) is 3. The van der Waals surface area contributed by atoms with Gasteiger partial charge in [0, 0.05) is 22.8 Å². The SMILES string of the molecule is Cc1ccc(-c2nc(CN3CCCC(C(=O)Nc4cccc(Cl)c4C)C3)no2)cc1. The van der Waals surface area contributed by atoms with Crippen LogP contribution in [-0.2, 0) is 11.3 Å². The van der Waals surface area contributed by atoms with Crippen LogP contribution in [-0.4, -0.2) is 34.0 Å². The molecule has 1 fully saturated rings. The third-order valence-electron chi connectivity index (χ3n) is 5.53. The van der Waals surface area contributed by atoms with Gasteiger partial charge in [-0.1, -0.05) is 40.5 Å². The second kappa shape index (κ2) is 8.98. The first kappa shape index (κ1) is 20.6. The first-order chi connectivity index (χ1) is 14.5. The van der Waals surface area contributed by atoms with E-state index in [1.165, 1.54) is 5.56 Å². The number of carbonyl (C=O) groups is 1. The summed E-state index contributed by atoms with van der Waals surface area (Å²) in [6.07, 6.45) is 1.82. The van der Waals surface area contributed by atoms with E-state index in [0.29, 0.717) is 29.8 Å². The van der Waals surface area contributed by atoms with Gasteiger partial charge >= 0.3 is 0 Å². The van der Waals surface area contributed by atoms with E-state index < -0.39 is 0 Å².